The fraction of sp³-hybridized carbons (Fsp3) is 0.150. The molecule has 2 aromatic carbocycles. The molecule has 0 saturated heterocycles. The average Bonchev–Trinajstić information content (AvgIpc) is 3.49. The van der Waals surface area contributed by atoms with E-state index in [0.717, 1.165) is 21.6 Å². The number of rotatable bonds is 4. The van der Waals surface area contributed by atoms with Gasteiger partial charge in [-0.1, -0.05) is 0 Å². The predicted octanol–water partition coefficient (Wildman–Crippen LogP) is 4.72. The zero-order chi connectivity index (χ0) is 25.2. The molecule has 15 heteroatoms. The Labute approximate surface area is 204 Å². The Morgan fingerprint density at radius 2 is 1.91 bits per heavy atom. The van der Waals surface area contributed by atoms with Crippen LogP contribution < -0.4 is 14.4 Å². The van der Waals surface area contributed by atoms with Gasteiger partial charge < -0.3 is 14.7 Å². The molecular formula is C20H15F3N4O5S3. The van der Waals surface area contributed by atoms with Crippen molar-refractivity contribution in [3.8, 4) is 5.75 Å². The van der Waals surface area contributed by atoms with Crippen molar-refractivity contribution in [1.82, 2.24) is 9.97 Å². The highest BCUT2D eigenvalue weighted by atomic mass is 32.2. The van der Waals surface area contributed by atoms with E-state index in [2.05, 4.69) is 25.7 Å². The van der Waals surface area contributed by atoms with Gasteiger partial charge in [-0.05, 0) is 30.3 Å². The van der Waals surface area contributed by atoms with Gasteiger partial charge in [-0.25, -0.2) is 23.2 Å². The van der Waals surface area contributed by atoms with Gasteiger partial charge in [0.2, 0.25) is 0 Å². The molecule has 1 aliphatic rings. The molecule has 1 aliphatic heterocycles. The van der Waals surface area contributed by atoms with Crippen LogP contribution in [0.4, 0.5) is 29.7 Å². The van der Waals surface area contributed by atoms with E-state index in [1.54, 1.807) is 41.1 Å². The minimum atomic E-state index is -5.08. The molecule has 0 spiro atoms. The topological polar surface area (TPSA) is 122 Å². The lowest BCUT2D eigenvalue weighted by atomic mass is 10.2. The van der Waals surface area contributed by atoms with Gasteiger partial charge in [-0.3, -0.25) is 4.72 Å². The molecule has 0 amide bonds. The summed E-state index contributed by atoms with van der Waals surface area (Å²) in [5, 5.41) is 9.17. The minimum Gasteiger partial charge on any atom is -0.489 e. The molecule has 35 heavy (non-hydrogen) atoms. The van der Waals surface area contributed by atoms with Crippen LogP contribution in [0.1, 0.15) is 0 Å². The highest BCUT2D eigenvalue weighted by Crippen LogP contribution is 2.39. The molecule has 0 fully saturated rings. The van der Waals surface area contributed by atoms with E-state index < -0.39 is 22.2 Å². The highest BCUT2D eigenvalue weighted by Gasteiger charge is 2.38. The molecule has 0 saturated carbocycles. The number of aromatic nitrogens is 2. The van der Waals surface area contributed by atoms with Gasteiger partial charge in [0.1, 0.15) is 12.4 Å². The number of carbonyl (C=O) groups is 1. The van der Waals surface area contributed by atoms with Gasteiger partial charge in [-0.2, -0.15) is 13.2 Å². The zero-order valence-electron chi connectivity index (χ0n) is 17.4. The number of fused-ring (bicyclic) bond motifs is 2. The summed E-state index contributed by atoms with van der Waals surface area (Å²) in [7, 11) is -3.73. The molecule has 0 atom stereocenters. The van der Waals surface area contributed by atoms with Crippen molar-refractivity contribution in [2.45, 2.75) is 11.1 Å². The van der Waals surface area contributed by atoms with Crippen molar-refractivity contribution in [2.24, 2.45) is 0 Å². The molecule has 0 bridgehead atoms. The normalized spacial score (nSPS) is 13.4. The van der Waals surface area contributed by atoms with Crippen LogP contribution in [-0.2, 0) is 14.8 Å². The molecule has 2 aromatic heterocycles. The number of nitrogens with one attached hydrogen (secondary N) is 1. The van der Waals surface area contributed by atoms with E-state index in [-0.39, 0.29) is 4.90 Å². The number of aliphatic carboxylic acids is 1. The number of benzene rings is 2. The van der Waals surface area contributed by atoms with Gasteiger partial charge in [0.05, 0.1) is 32.9 Å². The standard InChI is InChI=1S/C18H14N4O3S3.C2HF3O2/c23-28(24,21-18-19-5-8-26-18)13-2-4-15-16(10-13)25-7-6-22(15)12-1-3-14-17(9-12)27-11-20-14;3-2(4,5)1(6)7/h1-5,8-11H,6-7H2,(H,19,21);(H,6,7). The van der Waals surface area contributed by atoms with E-state index in [4.69, 9.17) is 14.6 Å². The average molecular weight is 545 g/mol. The molecule has 4 aromatic rings. The van der Waals surface area contributed by atoms with Crippen LogP contribution in [-0.4, -0.2) is 48.8 Å². The molecular weight excluding hydrogens is 529 g/mol. The lowest BCUT2D eigenvalue weighted by molar-refractivity contribution is -0.192. The van der Waals surface area contributed by atoms with Gasteiger partial charge in [0.15, 0.2) is 5.13 Å². The third-order valence-electron chi connectivity index (χ3n) is 4.63. The van der Waals surface area contributed by atoms with Crippen LogP contribution in [0.3, 0.4) is 0 Å². The number of ether oxygens (including phenoxy) is 1. The molecule has 5 rings (SSSR count). The van der Waals surface area contributed by atoms with E-state index in [9.17, 15) is 21.6 Å². The third kappa shape index (κ3) is 5.63. The van der Waals surface area contributed by atoms with Crippen molar-refractivity contribution >= 4 is 65.4 Å². The number of carboxylic acid groups (broad SMARTS) is 1. The monoisotopic (exact) mass is 544 g/mol. The fourth-order valence-electron chi connectivity index (χ4n) is 3.10. The SMILES string of the molecule is O=C(O)C(F)(F)F.O=S(=O)(Nc1nccs1)c1ccc2c(c1)OCCN2c1ccc2ncsc2c1. The third-order valence-corrected chi connectivity index (χ3v) is 7.57. The lowest BCUT2D eigenvalue weighted by Gasteiger charge is -2.31. The van der Waals surface area contributed by atoms with Crippen molar-refractivity contribution in [2.75, 3.05) is 22.8 Å². The minimum absolute atomic E-state index is 0.140. The summed E-state index contributed by atoms with van der Waals surface area (Å²) in [6.07, 6.45) is -3.53. The van der Waals surface area contributed by atoms with Crippen molar-refractivity contribution in [3.63, 3.8) is 0 Å². The van der Waals surface area contributed by atoms with Crippen LogP contribution in [0.25, 0.3) is 10.2 Å². The molecule has 0 unspecified atom stereocenters. The summed E-state index contributed by atoms with van der Waals surface area (Å²) in [5.41, 5.74) is 4.66. The molecule has 3 heterocycles. The first-order valence-corrected chi connectivity index (χ1v) is 12.9. The number of carboxylic acids is 1. The van der Waals surface area contributed by atoms with E-state index in [0.29, 0.717) is 24.0 Å². The molecule has 2 N–H and O–H groups in total. The van der Waals surface area contributed by atoms with Gasteiger partial charge >= 0.3 is 12.1 Å². The quantitative estimate of drug-likeness (QED) is 0.379. The van der Waals surface area contributed by atoms with E-state index in [1.807, 2.05) is 17.6 Å². The number of thiazole rings is 2. The van der Waals surface area contributed by atoms with Crippen LogP contribution in [0.2, 0.25) is 0 Å². The number of alkyl halides is 3. The Balaban J connectivity index is 0.000000364. The maximum absolute atomic E-state index is 12.6. The Bertz CT molecular complexity index is 1460. The molecule has 0 radical (unpaired) electrons. The van der Waals surface area contributed by atoms with Crippen LogP contribution in [0.5, 0.6) is 5.75 Å². The van der Waals surface area contributed by atoms with Crippen LogP contribution >= 0.6 is 22.7 Å². The zero-order valence-corrected chi connectivity index (χ0v) is 19.8. The Hall–Kier alpha value is -3.43. The summed E-state index contributed by atoms with van der Waals surface area (Å²) in [4.78, 5) is 19.5. The van der Waals surface area contributed by atoms with E-state index in [1.165, 1.54) is 11.3 Å². The summed E-state index contributed by atoms with van der Waals surface area (Å²) in [6.45, 7) is 1.15. The molecule has 9 nitrogen and oxygen atoms in total. The predicted molar refractivity (Wildman–Crippen MR) is 125 cm³/mol. The van der Waals surface area contributed by atoms with Gasteiger partial charge in [-0.15, -0.1) is 22.7 Å². The van der Waals surface area contributed by atoms with E-state index >= 15 is 0 Å². The summed E-state index contributed by atoms with van der Waals surface area (Å²) in [6, 6.07) is 11.0. The molecule has 0 aliphatic carbocycles. The first-order valence-electron chi connectivity index (χ1n) is 9.65. The summed E-state index contributed by atoms with van der Waals surface area (Å²) < 4.78 is 66.4. The highest BCUT2D eigenvalue weighted by molar-refractivity contribution is 7.93. The van der Waals surface area contributed by atoms with Crippen LogP contribution in [0, 0.1) is 0 Å². The number of hydrogen-bond acceptors (Lipinski definition) is 9. The largest absolute Gasteiger partial charge is 0.490 e. The maximum Gasteiger partial charge on any atom is 0.490 e. The van der Waals surface area contributed by atoms with Crippen molar-refractivity contribution in [3.05, 3.63) is 53.5 Å². The number of halogens is 3. The summed E-state index contributed by atoms with van der Waals surface area (Å²) >= 11 is 2.82. The van der Waals surface area contributed by atoms with Gasteiger partial charge in [0, 0.05) is 23.3 Å². The Kier molecular flexibility index (Phi) is 6.82. The number of anilines is 3. The van der Waals surface area contributed by atoms with Crippen molar-refractivity contribution in [1.29, 1.82) is 0 Å². The fourth-order valence-corrected chi connectivity index (χ4v) is 5.61. The maximum atomic E-state index is 12.6. The number of hydrogen-bond donors (Lipinski definition) is 2. The van der Waals surface area contributed by atoms with Gasteiger partial charge in [0.25, 0.3) is 10.0 Å². The second-order valence-electron chi connectivity index (χ2n) is 6.88. The first-order chi connectivity index (χ1) is 16.5. The second kappa shape index (κ2) is 9.67. The Morgan fingerprint density at radius 3 is 2.60 bits per heavy atom. The van der Waals surface area contributed by atoms with Crippen molar-refractivity contribution < 1.29 is 36.2 Å². The summed E-state index contributed by atoms with van der Waals surface area (Å²) in [5.74, 6) is -2.22. The molecule has 184 valence electrons. The first kappa shape index (κ1) is 24.7. The van der Waals surface area contributed by atoms with Crippen LogP contribution in [0.15, 0.2) is 58.4 Å². The number of sulfonamides is 1. The lowest BCUT2D eigenvalue weighted by Crippen LogP contribution is -2.28. The Morgan fingerprint density at radius 1 is 1.14 bits per heavy atom. The smallest absolute Gasteiger partial charge is 0.489 e. The second-order valence-corrected chi connectivity index (χ2v) is 10.3. The number of nitrogens with zero attached hydrogens (tertiary/aromatic N) is 3.